The average Bonchev–Trinajstić information content (AvgIpc) is 2.82. The van der Waals surface area contributed by atoms with Gasteiger partial charge in [0.15, 0.2) is 11.5 Å². The molecule has 0 radical (unpaired) electrons. The van der Waals surface area contributed by atoms with Gasteiger partial charge in [0.2, 0.25) is 0 Å². The van der Waals surface area contributed by atoms with Crippen molar-refractivity contribution < 1.29 is 18.3 Å². The van der Waals surface area contributed by atoms with E-state index in [9.17, 15) is 8.78 Å². The highest BCUT2D eigenvalue weighted by Crippen LogP contribution is 2.35. The molecular formula is C15H22F2N2O2. The van der Waals surface area contributed by atoms with E-state index in [-0.39, 0.29) is 11.2 Å². The molecule has 0 spiro atoms. The number of para-hydroxylation sites is 1. The predicted molar refractivity (Wildman–Crippen MR) is 76.7 cm³/mol. The summed E-state index contributed by atoms with van der Waals surface area (Å²) in [5.74, 6) is 0.449. The lowest BCUT2D eigenvalue weighted by Crippen LogP contribution is -2.31. The maximum atomic E-state index is 12.6. The topological polar surface area (TPSA) is 47.7 Å². The molecule has 1 saturated heterocycles. The van der Waals surface area contributed by atoms with Gasteiger partial charge in [0.1, 0.15) is 0 Å². The maximum absolute atomic E-state index is 12.6. The molecular weight excluding hydrogens is 278 g/mol. The lowest BCUT2D eigenvalue weighted by Gasteiger charge is -2.23. The Morgan fingerprint density at radius 2 is 2.19 bits per heavy atom. The monoisotopic (exact) mass is 300 g/mol. The molecule has 1 heterocycles. The van der Waals surface area contributed by atoms with E-state index in [1.54, 1.807) is 18.2 Å². The number of ether oxygens (including phenoxy) is 2. The molecule has 2 rings (SSSR count). The van der Waals surface area contributed by atoms with Gasteiger partial charge in [-0.2, -0.15) is 8.78 Å². The molecule has 2 N–H and O–H groups in total. The van der Waals surface area contributed by atoms with Gasteiger partial charge in [-0.1, -0.05) is 19.1 Å². The summed E-state index contributed by atoms with van der Waals surface area (Å²) in [7, 11) is 1.44. The number of hydrogen-bond donors (Lipinski definition) is 1. The Labute approximate surface area is 123 Å². The Morgan fingerprint density at radius 3 is 2.76 bits per heavy atom. The zero-order valence-corrected chi connectivity index (χ0v) is 12.4. The number of halogens is 2. The lowest BCUT2D eigenvalue weighted by atomic mass is 9.90. The van der Waals surface area contributed by atoms with Crippen molar-refractivity contribution in [2.75, 3.05) is 26.7 Å². The van der Waals surface area contributed by atoms with Crippen molar-refractivity contribution in [3.05, 3.63) is 23.8 Å². The van der Waals surface area contributed by atoms with Crippen LogP contribution in [-0.2, 0) is 6.54 Å². The molecule has 6 heteroatoms. The summed E-state index contributed by atoms with van der Waals surface area (Å²) in [4.78, 5) is 2.21. The van der Waals surface area contributed by atoms with Crippen LogP contribution in [0, 0.1) is 5.41 Å². The minimum atomic E-state index is -2.87. The van der Waals surface area contributed by atoms with Gasteiger partial charge in [-0.05, 0) is 31.0 Å². The van der Waals surface area contributed by atoms with Crippen molar-refractivity contribution in [2.45, 2.75) is 26.5 Å². The molecule has 1 unspecified atom stereocenters. The van der Waals surface area contributed by atoms with Crippen molar-refractivity contribution in [3.63, 3.8) is 0 Å². The molecule has 0 saturated carbocycles. The summed E-state index contributed by atoms with van der Waals surface area (Å²) >= 11 is 0. The molecule has 1 aliphatic rings. The van der Waals surface area contributed by atoms with E-state index in [2.05, 4.69) is 16.6 Å². The molecule has 0 amide bonds. The van der Waals surface area contributed by atoms with Gasteiger partial charge >= 0.3 is 6.61 Å². The van der Waals surface area contributed by atoms with Crippen LogP contribution >= 0.6 is 0 Å². The van der Waals surface area contributed by atoms with Gasteiger partial charge in [0, 0.05) is 18.7 Å². The molecule has 0 aromatic heterocycles. The molecule has 1 aromatic carbocycles. The van der Waals surface area contributed by atoms with E-state index in [0.29, 0.717) is 24.4 Å². The second-order valence-electron chi connectivity index (χ2n) is 5.80. The normalized spacial score (nSPS) is 22.8. The van der Waals surface area contributed by atoms with Gasteiger partial charge in [-0.15, -0.1) is 0 Å². The first kappa shape index (κ1) is 16.0. The second kappa shape index (κ2) is 6.58. The first-order chi connectivity index (χ1) is 9.97. The molecule has 118 valence electrons. The molecule has 1 atom stereocenters. The minimum absolute atomic E-state index is 0.0998. The van der Waals surface area contributed by atoms with E-state index >= 15 is 0 Å². The highest BCUT2D eigenvalue weighted by atomic mass is 19.3. The Kier molecular flexibility index (Phi) is 5.00. The summed E-state index contributed by atoms with van der Waals surface area (Å²) in [6, 6.07) is 5.19. The highest BCUT2D eigenvalue weighted by molar-refractivity contribution is 5.46. The van der Waals surface area contributed by atoms with Gasteiger partial charge in [0.25, 0.3) is 0 Å². The van der Waals surface area contributed by atoms with Gasteiger partial charge in [0.05, 0.1) is 7.11 Å². The average molecular weight is 300 g/mol. The Hall–Kier alpha value is -1.40. The fourth-order valence-electron chi connectivity index (χ4n) is 2.74. The first-order valence-electron chi connectivity index (χ1n) is 7.00. The van der Waals surface area contributed by atoms with Gasteiger partial charge < -0.3 is 15.2 Å². The third-order valence-corrected chi connectivity index (χ3v) is 4.01. The molecule has 4 nitrogen and oxygen atoms in total. The SMILES string of the molecule is COc1cccc(CN2CCC(C)(CN)C2)c1OC(F)F. The summed E-state index contributed by atoms with van der Waals surface area (Å²) in [5.41, 5.74) is 6.60. The van der Waals surface area contributed by atoms with Crippen LogP contribution in [0.2, 0.25) is 0 Å². The molecule has 1 fully saturated rings. The number of likely N-dealkylation sites (tertiary alicyclic amines) is 1. The molecule has 0 bridgehead atoms. The van der Waals surface area contributed by atoms with Crippen LogP contribution in [0.1, 0.15) is 18.9 Å². The fourth-order valence-corrected chi connectivity index (χ4v) is 2.74. The number of nitrogens with two attached hydrogens (primary N) is 1. The van der Waals surface area contributed by atoms with E-state index in [1.807, 2.05) is 0 Å². The number of alkyl halides is 2. The van der Waals surface area contributed by atoms with E-state index in [0.717, 1.165) is 19.5 Å². The molecule has 21 heavy (non-hydrogen) atoms. The third kappa shape index (κ3) is 3.83. The second-order valence-corrected chi connectivity index (χ2v) is 5.80. The minimum Gasteiger partial charge on any atom is -0.493 e. The number of rotatable bonds is 6. The Morgan fingerprint density at radius 1 is 1.43 bits per heavy atom. The van der Waals surface area contributed by atoms with Crippen LogP contribution < -0.4 is 15.2 Å². The molecule has 1 aromatic rings. The zero-order valence-electron chi connectivity index (χ0n) is 12.4. The van der Waals surface area contributed by atoms with Crippen molar-refractivity contribution in [1.29, 1.82) is 0 Å². The summed E-state index contributed by atoms with van der Waals surface area (Å²) in [6.07, 6.45) is 1.01. The largest absolute Gasteiger partial charge is 0.493 e. The maximum Gasteiger partial charge on any atom is 0.387 e. The van der Waals surface area contributed by atoms with E-state index in [4.69, 9.17) is 10.5 Å². The van der Waals surface area contributed by atoms with Crippen molar-refractivity contribution in [2.24, 2.45) is 11.1 Å². The zero-order chi connectivity index (χ0) is 15.5. The summed E-state index contributed by atoms with van der Waals surface area (Å²) in [6.45, 7) is 2.22. The quantitative estimate of drug-likeness (QED) is 0.877. The van der Waals surface area contributed by atoms with Crippen LogP contribution in [0.15, 0.2) is 18.2 Å². The first-order valence-corrected chi connectivity index (χ1v) is 7.00. The predicted octanol–water partition coefficient (Wildman–Crippen LogP) is 2.47. The van der Waals surface area contributed by atoms with Crippen LogP contribution in [0.4, 0.5) is 8.78 Å². The molecule has 0 aliphatic carbocycles. The Balaban J connectivity index is 2.16. The number of hydrogen-bond acceptors (Lipinski definition) is 4. The van der Waals surface area contributed by atoms with Crippen molar-refractivity contribution in [1.82, 2.24) is 4.90 Å². The van der Waals surface area contributed by atoms with Crippen LogP contribution in [-0.4, -0.2) is 38.3 Å². The van der Waals surface area contributed by atoms with Crippen molar-refractivity contribution in [3.8, 4) is 11.5 Å². The fraction of sp³-hybridized carbons (Fsp3) is 0.600. The summed E-state index contributed by atoms with van der Waals surface area (Å²) in [5, 5.41) is 0. The van der Waals surface area contributed by atoms with Crippen molar-refractivity contribution >= 4 is 0 Å². The van der Waals surface area contributed by atoms with E-state index < -0.39 is 6.61 Å². The molecule has 1 aliphatic heterocycles. The lowest BCUT2D eigenvalue weighted by molar-refractivity contribution is -0.0521. The number of methoxy groups -OCH3 is 1. The summed E-state index contributed by atoms with van der Waals surface area (Å²) < 4.78 is 35.0. The Bertz CT molecular complexity index is 485. The van der Waals surface area contributed by atoms with Crippen LogP contribution in [0.5, 0.6) is 11.5 Å². The number of benzene rings is 1. The van der Waals surface area contributed by atoms with E-state index in [1.165, 1.54) is 7.11 Å². The van der Waals surface area contributed by atoms with Gasteiger partial charge in [-0.25, -0.2) is 0 Å². The number of nitrogens with zero attached hydrogens (tertiary/aromatic N) is 1. The highest BCUT2D eigenvalue weighted by Gasteiger charge is 2.32. The van der Waals surface area contributed by atoms with Crippen LogP contribution in [0.25, 0.3) is 0 Å². The van der Waals surface area contributed by atoms with Crippen LogP contribution in [0.3, 0.4) is 0 Å². The smallest absolute Gasteiger partial charge is 0.387 e. The van der Waals surface area contributed by atoms with Gasteiger partial charge in [-0.3, -0.25) is 4.90 Å². The standard InChI is InChI=1S/C15H22F2N2O2/c1-15(9-18)6-7-19(10-15)8-11-4-3-5-12(20-2)13(11)21-14(16)17/h3-5,14H,6-10,18H2,1-2H3. The third-order valence-electron chi connectivity index (χ3n) is 4.01.